The Morgan fingerprint density at radius 3 is 2.36 bits per heavy atom. The van der Waals surface area contributed by atoms with Gasteiger partial charge >= 0.3 is 5.97 Å². The van der Waals surface area contributed by atoms with Crippen molar-refractivity contribution >= 4 is 34.6 Å². The van der Waals surface area contributed by atoms with Gasteiger partial charge in [-0.15, -0.1) is 0 Å². The van der Waals surface area contributed by atoms with Crippen LogP contribution in [0.3, 0.4) is 0 Å². The first-order valence-corrected chi connectivity index (χ1v) is 11.3. The van der Waals surface area contributed by atoms with Crippen molar-refractivity contribution in [3.63, 3.8) is 0 Å². The summed E-state index contributed by atoms with van der Waals surface area (Å²) in [4.78, 5) is 51.9. The van der Waals surface area contributed by atoms with E-state index in [9.17, 15) is 24.3 Å². The number of rotatable bonds is 11. The van der Waals surface area contributed by atoms with E-state index in [0.29, 0.717) is 5.56 Å². The lowest BCUT2D eigenvalue weighted by atomic mass is 10.0. The average molecular weight is 496 g/mol. The van der Waals surface area contributed by atoms with Gasteiger partial charge in [0.25, 0.3) is 0 Å². The maximum Gasteiger partial charge on any atom is 0.325 e. The van der Waals surface area contributed by atoms with Crippen LogP contribution in [0.25, 0.3) is 10.9 Å². The number of carboxylic acid groups (broad SMARTS) is 1. The zero-order valence-corrected chi connectivity index (χ0v) is 19.7. The average Bonchev–Trinajstić information content (AvgIpc) is 3.26. The molecule has 36 heavy (non-hydrogen) atoms. The number of hydrogen-bond donors (Lipinski definition) is 7. The minimum Gasteiger partial charge on any atom is -0.508 e. The Bertz CT molecular complexity index is 1240. The highest BCUT2D eigenvalue weighted by Gasteiger charge is 2.25. The van der Waals surface area contributed by atoms with Crippen molar-refractivity contribution in [2.24, 2.45) is 5.73 Å². The minimum atomic E-state index is -1.23. The molecule has 0 aliphatic carbocycles. The zero-order valence-electron chi connectivity index (χ0n) is 19.7. The third-order valence-electron chi connectivity index (χ3n) is 5.63. The summed E-state index contributed by atoms with van der Waals surface area (Å²) in [6.45, 7) is 0.878. The van der Waals surface area contributed by atoms with Gasteiger partial charge in [-0.25, -0.2) is 0 Å². The van der Waals surface area contributed by atoms with E-state index in [4.69, 9.17) is 10.8 Å². The normalized spacial score (nSPS) is 13.4. The Hall–Kier alpha value is -4.38. The molecule has 0 bridgehead atoms. The van der Waals surface area contributed by atoms with Crippen LogP contribution in [0.4, 0.5) is 0 Å². The van der Waals surface area contributed by atoms with Crippen LogP contribution in [-0.2, 0) is 32.0 Å². The number of aromatic hydroxyl groups is 1. The molecule has 11 heteroatoms. The third-order valence-corrected chi connectivity index (χ3v) is 5.63. The second-order valence-electron chi connectivity index (χ2n) is 8.45. The molecule has 11 nitrogen and oxygen atoms in total. The quantitative estimate of drug-likeness (QED) is 0.198. The van der Waals surface area contributed by atoms with Gasteiger partial charge in [0.2, 0.25) is 17.7 Å². The van der Waals surface area contributed by atoms with Gasteiger partial charge in [0, 0.05) is 23.5 Å². The predicted molar refractivity (Wildman–Crippen MR) is 132 cm³/mol. The molecule has 0 spiro atoms. The van der Waals surface area contributed by atoms with Gasteiger partial charge in [0.05, 0.1) is 12.6 Å². The van der Waals surface area contributed by atoms with Crippen molar-refractivity contribution in [3.8, 4) is 5.75 Å². The Balaban J connectivity index is 1.58. The summed E-state index contributed by atoms with van der Waals surface area (Å²) in [5, 5.41) is 26.8. The molecular weight excluding hydrogens is 466 g/mol. The Morgan fingerprint density at radius 1 is 0.972 bits per heavy atom. The number of para-hydroxylation sites is 1. The van der Waals surface area contributed by atoms with Crippen LogP contribution in [0.1, 0.15) is 18.1 Å². The number of carboxylic acids is 1. The fourth-order valence-corrected chi connectivity index (χ4v) is 3.63. The van der Waals surface area contributed by atoms with E-state index >= 15 is 0 Å². The van der Waals surface area contributed by atoms with E-state index in [0.717, 1.165) is 16.5 Å². The summed E-state index contributed by atoms with van der Waals surface area (Å²) in [6, 6.07) is 10.5. The number of carbonyl (C=O) groups is 4. The highest BCUT2D eigenvalue weighted by atomic mass is 16.4. The number of H-pyrrole nitrogens is 1. The summed E-state index contributed by atoms with van der Waals surface area (Å²) in [5.41, 5.74) is 8.46. The maximum absolute atomic E-state index is 12.6. The van der Waals surface area contributed by atoms with E-state index in [-0.39, 0.29) is 18.6 Å². The van der Waals surface area contributed by atoms with Crippen molar-refractivity contribution in [1.29, 1.82) is 0 Å². The molecule has 8 N–H and O–H groups in total. The van der Waals surface area contributed by atoms with E-state index in [1.165, 1.54) is 19.1 Å². The number of aromatic amines is 1. The van der Waals surface area contributed by atoms with Crippen LogP contribution in [0, 0.1) is 0 Å². The predicted octanol–water partition coefficient (Wildman–Crippen LogP) is 0.176. The molecule has 0 fully saturated rings. The molecule has 0 saturated heterocycles. The van der Waals surface area contributed by atoms with Gasteiger partial charge < -0.3 is 36.9 Å². The van der Waals surface area contributed by atoms with Gasteiger partial charge in [0.15, 0.2) is 0 Å². The molecule has 3 atom stereocenters. The fraction of sp³-hybridized carbons (Fsp3) is 0.280. The Labute approximate surface area is 207 Å². The van der Waals surface area contributed by atoms with Crippen LogP contribution < -0.4 is 21.7 Å². The fourth-order valence-electron chi connectivity index (χ4n) is 3.63. The van der Waals surface area contributed by atoms with Crippen LogP contribution >= 0.6 is 0 Å². The van der Waals surface area contributed by atoms with Gasteiger partial charge in [-0.1, -0.05) is 30.3 Å². The molecule has 0 aliphatic heterocycles. The highest BCUT2D eigenvalue weighted by molar-refractivity contribution is 5.93. The molecule has 0 radical (unpaired) electrons. The number of phenolic OH excluding ortho intramolecular Hbond substituents is 1. The number of carbonyl (C=O) groups excluding carboxylic acids is 3. The smallest absolute Gasteiger partial charge is 0.325 e. The number of aliphatic carboxylic acids is 1. The van der Waals surface area contributed by atoms with Crippen LogP contribution in [0.2, 0.25) is 0 Å². The van der Waals surface area contributed by atoms with Crippen LogP contribution in [0.5, 0.6) is 5.75 Å². The van der Waals surface area contributed by atoms with Gasteiger partial charge in [-0.3, -0.25) is 19.2 Å². The van der Waals surface area contributed by atoms with Crippen molar-refractivity contribution < 1.29 is 29.4 Å². The number of nitrogens with one attached hydrogen (secondary N) is 4. The van der Waals surface area contributed by atoms with E-state index < -0.39 is 48.4 Å². The largest absolute Gasteiger partial charge is 0.508 e. The number of hydrogen-bond acceptors (Lipinski definition) is 6. The monoisotopic (exact) mass is 495 g/mol. The lowest BCUT2D eigenvalue weighted by Crippen LogP contribution is -2.54. The Kier molecular flexibility index (Phi) is 8.63. The third kappa shape index (κ3) is 7.06. The first-order chi connectivity index (χ1) is 17.1. The van der Waals surface area contributed by atoms with Crippen LogP contribution in [0.15, 0.2) is 54.7 Å². The number of benzene rings is 2. The number of phenols is 1. The Morgan fingerprint density at radius 2 is 1.67 bits per heavy atom. The molecule has 3 amide bonds. The summed E-state index contributed by atoms with van der Waals surface area (Å²) in [5.74, 6) is -3.07. The van der Waals surface area contributed by atoms with E-state index in [2.05, 4.69) is 20.9 Å². The van der Waals surface area contributed by atoms with Crippen molar-refractivity contribution in [1.82, 2.24) is 20.9 Å². The summed E-state index contributed by atoms with van der Waals surface area (Å²) in [7, 11) is 0. The standard InChI is InChI=1S/C25H29N5O6/c1-14(25(35)36)29-24(34)21(10-15-6-8-17(31)9-7-15)30-22(32)13-28-23(33)19(26)11-16-12-27-20-5-3-2-4-18(16)20/h2-9,12,14,19,21,27,31H,10-11,13,26H2,1H3,(H,28,33)(H,29,34)(H,30,32)(H,35,36). The summed E-state index contributed by atoms with van der Waals surface area (Å²) >= 11 is 0. The number of amides is 3. The van der Waals surface area contributed by atoms with E-state index in [1.54, 1.807) is 18.3 Å². The molecule has 3 aromatic rings. The molecular formula is C25H29N5O6. The topological polar surface area (TPSA) is 187 Å². The molecule has 2 aromatic carbocycles. The van der Waals surface area contributed by atoms with Crippen LogP contribution in [-0.4, -0.2) is 63.6 Å². The SMILES string of the molecule is CC(NC(=O)C(Cc1ccc(O)cc1)NC(=O)CNC(=O)C(N)Cc1c[nH]c2ccccc12)C(=O)O. The van der Waals surface area contributed by atoms with Crippen molar-refractivity contribution in [2.45, 2.75) is 37.9 Å². The first kappa shape index (κ1) is 26.2. The second kappa shape index (κ2) is 11.8. The summed E-state index contributed by atoms with van der Waals surface area (Å²) in [6.07, 6.45) is 2.09. The molecule has 3 unspecified atom stereocenters. The number of aromatic nitrogens is 1. The lowest BCUT2D eigenvalue weighted by molar-refractivity contribution is -0.141. The number of nitrogens with two attached hydrogens (primary N) is 1. The molecule has 3 rings (SSSR count). The maximum atomic E-state index is 12.6. The number of fused-ring (bicyclic) bond motifs is 1. The highest BCUT2D eigenvalue weighted by Crippen LogP contribution is 2.18. The van der Waals surface area contributed by atoms with Crippen molar-refractivity contribution in [3.05, 3.63) is 65.9 Å². The van der Waals surface area contributed by atoms with Gasteiger partial charge in [-0.05, 0) is 42.7 Å². The van der Waals surface area contributed by atoms with E-state index in [1.807, 2.05) is 24.3 Å². The lowest BCUT2D eigenvalue weighted by Gasteiger charge is -2.20. The second-order valence-corrected chi connectivity index (χ2v) is 8.45. The molecule has 1 aromatic heterocycles. The zero-order chi connectivity index (χ0) is 26.2. The minimum absolute atomic E-state index is 0.0370. The van der Waals surface area contributed by atoms with Gasteiger partial charge in [0.1, 0.15) is 17.8 Å². The molecule has 190 valence electrons. The molecule has 1 heterocycles. The molecule has 0 aliphatic rings. The first-order valence-electron chi connectivity index (χ1n) is 11.3. The summed E-state index contributed by atoms with van der Waals surface area (Å²) < 4.78 is 0. The molecule has 0 saturated carbocycles. The van der Waals surface area contributed by atoms with Gasteiger partial charge in [-0.2, -0.15) is 0 Å². The van der Waals surface area contributed by atoms with Crippen molar-refractivity contribution in [2.75, 3.05) is 6.54 Å².